The van der Waals surface area contributed by atoms with Crippen LogP contribution in [0.2, 0.25) is 0 Å². The summed E-state index contributed by atoms with van der Waals surface area (Å²) in [5, 5.41) is 4.48. The lowest BCUT2D eigenvalue weighted by Gasteiger charge is -2.20. The van der Waals surface area contributed by atoms with Crippen LogP contribution in [-0.2, 0) is 16.2 Å². The van der Waals surface area contributed by atoms with E-state index in [9.17, 15) is 0 Å². The molecular weight excluding hydrogens is 951 g/mol. The molecule has 13 aromatic rings. The first kappa shape index (κ1) is 38.5. The smallest absolute Gasteiger partial charge is 0.269 e. The summed E-state index contributed by atoms with van der Waals surface area (Å²) in [6.45, 7) is 20.2. The summed E-state index contributed by atoms with van der Waals surface area (Å²) in [4.78, 5) is 5.02. The molecule has 382 valence electrons. The van der Waals surface area contributed by atoms with Gasteiger partial charge in [0.05, 0.1) is 58.2 Å². The Morgan fingerprint density at radius 2 is 1.01 bits per heavy atom. The Kier molecular flexibility index (Phi) is 9.06. The number of aromatic nitrogens is 5. The minimum atomic E-state index is -0.570. The molecule has 0 bridgehead atoms. The van der Waals surface area contributed by atoms with Crippen molar-refractivity contribution in [1.82, 2.24) is 18.7 Å². The average Bonchev–Trinajstić information content (AvgIpc) is 1.69. The molecule has 0 spiro atoms. The van der Waals surface area contributed by atoms with E-state index < -0.39 is 60.4 Å². The van der Waals surface area contributed by atoms with Crippen LogP contribution in [0.15, 0.2) is 218 Å². The molecular formula is C72H63N5O. The third-order valence-electron chi connectivity index (χ3n) is 15.0. The van der Waals surface area contributed by atoms with Crippen LogP contribution in [0.4, 0.5) is 0 Å². The van der Waals surface area contributed by atoms with Crippen molar-refractivity contribution < 1.29 is 23.0 Å². The Morgan fingerprint density at radius 3 is 1.65 bits per heavy atom. The molecule has 0 fully saturated rings. The summed E-state index contributed by atoms with van der Waals surface area (Å²) in [6.07, 6.45) is 5.36. The highest BCUT2D eigenvalue weighted by atomic mass is 16.5. The van der Waals surface area contributed by atoms with Crippen LogP contribution in [0.5, 0.6) is 11.5 Å². The maximum Gasteiger partial charge on any atom is 0.269 e. The maximum atomic E-state index is 9.11. The van der Waals surface area contributed by atoms with E-state index in [-0.39, 0.29) is 44.2 Å². The second-order valence-corrected chi connectivity index (χ2v) is 23.2. The van der Waals surface area contributed by atoms with E-state index in [0.717, 1.165) is 49.9 Å². The first-order valence-electron chi connectivity index (χ1n) is 31.4. The molecule has 6 nitrogen and oxygen atoms in total. The lowest BCUT2D eigenvalue weighted by atomic mass is 9.85. The summed E-state index contributed by atoms with van der Waals surface area (Å²) in [5.74, 6) is 1.84. The van der Waals surface area contributed by atoms with E-state index in [4.69, 9.17) is 23.4 Å². The van der Waals surface area contributed by atoms with Gasteiger partial charge in [-0.05, 0) is 140 Å². The predicted molar refractivity (Wildman–Crippen MR) is 324 cm³/mol. The Morgan fingerprint density at radius 1 is 0.449 bits per heavy atom. The number of fused-ring (bicyclic) bond motifs is 7. The fraction of sp³-hybridized carbons (Fsp3) is 0.167. The fourth-order valence-electron chi connectivity index (χ4n) is 10.9. The highest BCUT2D eigenvalue weighted by molar-refractivity contribution is 6.12. The van der Waals surface area contributed by atoms with E-state index in [1.807, 2.05) is 65.4 Å². The third-order valence-corrected chi connectivity index (χ3v) is 15.0. The van der Waals surface area contributed by atoms with Crippen molar-refractivity contribution in [3.05, 3.63) is 241 Å². The van der Waals surface area contributed by atoms with Gasteiger partial charge in [-0.15, -0.1) is 0 Å². The monoisotopic (exact) mass is 1020 g/mol. The van der Waals surface area contributed by atoms with Gasteiger partial charge in [0.25, 0.3) is 6.33 Å². The molecule has 6 heteroatoms. The van der Waals surface area contributed by atoms with Crippen molar-refractivity contribution in [2.45, 2.75) is 78.6 Å². The lowest BCUT2D eigenvalue weighted by Crippen LogP contribution is -2.31. The molecule has 0 N–H and O–H groups in total. The van der Waals surface area contributed by atoms with Gasteiger partial charge in [-0.3, -0.25) is 13.7 Å². The molecule has 0 saturated heterocycles. The molecule has 9 aromatic carbocycles. The van der Waals surface area contributed by atoms with Crippen LogP contribution in [0.1, 0.15) is 92.7 Å². The van der Waals surface area contributed by atoms with Crippen molar-refractivity contribution in [2.75, 3.05) is 0 Å². The van der Waals surface area contributed by atoms with Crippen molar-refractivity contribution in [3.8, 4) is 56.6 Å². The summed E-state index contributed by atoms with van der Waals surface area (Å²) in [7, 11) is 0. The van der Waals surface area contributed by atoms with Crippen LogP contribution in [0, 0.1) is 6.33 Å². The number of para-hydroxylation sites is 3. The van der Waals surface area contributed by atoms with Crippen molar-refractivity contribution in [2.24, 2.45) is 0 Å². The van der Waals surface area contributed by atoms with Crippen molar-refractivity contribution in [1.29, 1.82) is 0 Å². The van der Waals surface area contributed by atoms with E-state index in [1.165, 1.54) is 21.9 Å². The number of rotatable bonds is 8. The summed E-state index contributed by atoms with van der Waals surface area (Å²) in [6, 6.07) is 45.4. The molecule has 0 aliphatic carbocycles. The molecule has 0 aliphatic rings. The van der Waals surface area contributed by atoms with Gasteiger partial charge in [-0.25, -0.2) is 4.98 Å². The molecule has 0 atom stereocenters. The fourth-order valence-corrected chi connectivity index (χ4v) is 10.9. The second-order valence-electron chi connectivity index (χ2n) is 23.2. The number of pyridine rings is 1. The number of nitrogens with zero attached hydrogens (tertiary/aromatic N) is 5. The van der Waals surface area contributed by atoms with Crippen molar-refractivity contribution >= 4 is 54.6 Å². The Labute approximate surface area is 471 Å². The largest absolute Gasteiger partial charge is 0.458 e. The molecule has 13 rings (SSSR count). The van der Waals surface area contributed by atoms with Gasteiger partial charge in [0.1, 0.15) is 17.3 Å². The molecule has 0 radical (unpaired) electrons. The molecule has 4 aromatic heterocycles. The molecule has 4 heterocycles. The normalized spacial score (nSPS) is 14.2. The predicted octanol–water partition coefficient (Wildman–Crippen LogP) is 18.3. The van der Waals surface area contributed by atoms with E-state index >= 15 is 0 Å². The second kappa shape index (κ2) is 18.3. The first-order valence-corrected chi connectivity index (χ1v) is 26.4. The van der Waals surface area contributed by atoms with E-state index in [0.29, 0.717) is 28.2 Å². The van der Waals surface area contributed by atoms with Gasteiger partial charge < -0.3 is 9.30 Å². The summed E-state index contributed by atoms with van der Waals surface area (Å²) >= 11 is 0. The highest BCUT2D eigenvalue weighted by Crippen LogP contribution is 2.42. The summed E-state index contributed by atoms with van der Waals surface area (Å²) < 4.78 is 103. The zero-order chi connectivity index (χ0) is 62.4. The average molecular weight is 1020 g/mol. The number of benzene rings is 9. The van der Waals surface area contributed by atoms with Crippen LogP contribution >= 0.6 is 0 Å². The Bertz CT molecular complexity index is 4880. The lowest BCUT2D eigenvalue weighted by molar-refractivity contribution is -0.571. The Hall–Kier alpha value is -9.00. The first-order chi connectivity index (χ1) is 41.7. The van der Waals surface area contributed by atoms with Crippen LogP contribution in [0.25, 0.3) is 99.8 Å². The van der Waals surface area contributed by atoms with Crippen LogP contribution in [0.3, 0.4) is 0 Å². The molecule has 0 saturated carbocycles. The van der Waals surface area contributed by atoms with Gasteiger partial charge in [-0.2, -0.15) is 0 Å². The number of hydrogen-bond acceptors (Lipinski definition) is 2. The van der Waals surface area contributed by atoms with Gasteiger partial charge in [0.2, 0.25) is 0 Å². The molecule has 0 aliphatic heterocycles. The SMILES string of the molecule is [2H]c1c([2H])c([2H])c(-c2cccc(-c3c([2H])c([2H])c([2H])c([2H])c3[2H])c2-[n+]2[c-]n(-c3cccc(Oc4ccc5c6cc(-n7c8ccc(C(C)(C)C)cc8c8cc(C(C)(C)C)ccc87)ccc6n(-c6cc(C(C)(C)C)ccn6)c5c4)c3)c3ccccc32)c([2H])c1[2H]. The molecule has 0 amide bonds. The van der Waals surface area contributed by atoms with Gasteiger partial charge in [-0.1, -0.05) is 183 Å². The Balaban J connectivity index is 0.967. The quantitative estimate of drug-likeness (QED) is 0.112. The minimum Gasteiger partial charge on any atom is -0.458 e. The number of ether oxygens (including phenoxy) is 1. The van der Waals surface area contributed by atoms with Crippen LogP contribution < -0.4 is 9.30 Å². The van der Waals surface area contributed by atoms with Crippen LogP contribution in [-0.4, -0.2) is 18.7 Å². The molecule has 78 heavy (non-hydrogen) atoms. The van der Waals surface area contributed by atoms with Gasteiger partial charge in [0, 0.05) is 39.5 Å². The van der Waals surface area contributed by atoms with E-state index in [2.05, 4.69) is 157 Å². The standard InChI is InChI=1S/C72H63N5O/c1-70(2,3)49-30-35-62-59(40-49)60-41-50(71(4,5)6)31-36-63(60)76(62)53-32-37-64-61(44-53)58-34-33-55(45-67(58)77(64)68-42-51(38-39-73-68)72(7,8)9)78-54-25-18-24-52(43-54)74-46-75(66-29-17-16-28-65(66)74)69-56(47-20-12-10-13-21-47)26-19-27-57(69)48-22-14-11-15-23-48/h10-45H,1-9H3/i10D,11D,12D,13D,14D,15D,20D,21D,22D,23D. The highest BCUT2D eigenvalue weighted by Gasteiger charge is 2.25. The van der Waals surface area contributed by atoms with Gasteiger partial charge >= 0.3 is 0 Å². The number of imidazole rings is 1. The topological polar surface area (TPSA) is 40.8 Å². The summed E-state index contributed by atoms with van der Waals surface area (Å²) in [5.41, 5.74) is 10.7. The van der Waals surface area contributed by atoms with E-state index in [1.54, 1.807) is 22.8 Å². The zero-order valence-electron chi connectivity index (χ0n) is 55.2. The van der Waals surface area contributed by atoms with Gasteiger partial charge in [0.15, 0.2) is 0 Å². The maximum absolute atomic E-state index is 9.11. The molecule has 0 unspecified atom stereocenters. The number of hydrogen-bond donors (Lipinski definition) is 0. The zero-order valence-corrected chi connectivity index (χ0v) is 45.2. The minimum absolute atomic E-state index is 0.0392. The third kappa shape index (κ3) is 8.44. The van der Waals surface area contributed by atoms with Crippen molar-refractivity contribution in [3.63, 3.8) is 0 Å².